The number of anilines is 1. The Morgan fingerprint density at radius 3 is 2.82 bits per heavy atom. The zero-order chi connectivity index (χ0) is 12.4. The molecule has 2 rings (SSSR count). The molecule has 1 aromatic heterocycles. The summed E-state index contributed by atoms with van der Waals surface area (Å²) >= 11 is 5.65. The number of halogens is 2. The van der Waals surface area contributed by atoms with Crippen LogP contribution in [0.15, 0.2) is 18.2 Å². The number of aryl methyl sites for hydroxylation is 1. The van der Waals surface area contributed by atoms with Gasteiger partial charge in [0.05, 0.1) is 0 Å². The summed E-state index contributed by atoms with van der Waals surface area (Å²) in [7, 11) is 0. The zero-order valence-electron chi connectivity index (χ0n) is 8.79. The lowest BCUT2D eigenvalue weighted by Crippen LogP contribution is -2.13. The van der Waals surface area contributed by atoms with Gasteiger partial charge in [-0.2, -0.15) is 0 Å². The van der Waals surface area contributed by atoms with E-state index < -0.39 is 11.7 Å². The highest BCUT2D eigenvalue weighted by atomic mass is 35.5. The number of amides is 1. The number of nitrogens with zero attached hydrogens (tertiary/aromatic N) is 2. The third-order valence-corrected chi connectivity index (χ3v) is 2.14. The van der Waals surface area contributed by atoms with Crippen LogP contribution in [0.4, 0.5) is 10.1 Å². The minimum absolute atomic E-state index is 0.0112. The molecular weight excluding hydrogens is 247 g/mol. The summed E-state index contributed by atoms with van der Waals surface area (Å²) in [6.07, 6.45) is 0. The quantitative estimate of drug-likeness (QED) is 0.863. The fourth-order valence-electron chi connectivity index (χ4n) is 1.26. The van der Waals surface area contributed by atoms with Crippen LogP contribution in [0.5, 0.6) is 0 Å². The average Bonchev–Trinajstić information content (AvgIpc) is 2.63. The highest BCUT2D eigenvalue weighted by Gasteiger charge is 2.12. The largest absolute Gasteiger partial charge is 0.319 e. The third kappa shape index (κ3) is 2.79. The van der Waals surface area contributed by atoms with E-state index in [-0.39, 0.29) is 16.5 Å². The fraction of sp³-hybridized carbons (Fsp3) is 0.100. The van der Waals surface area contributed by atoms with Crippen molar-refractivity contribution in [1.82, 2.24) is 15.2 Å². The minimum Gasteiger partial charge on any atom is -0.319 e. The highest BCUT2D eigenvalue weighted by molar-refractivity contribution is 6.31. The summed E-state index contributed by atoms with van der Waals surface area (Å²) in [5, 5.41) is 8.86. The Morgan fingerprint density at radius 2 is 2.24 bits per heavy atom. The van der Waals surface area contributed by atoms with Gasteiger partial charge in [-0.1, -0.05) is 11.6 Å². The number of hydrogen-bond donors (Lipinski definition) is 2. The second kappa shape index (κ2) is 4.50. The minimum atomic E-state index is -0.531. The number of aromatic amines is 1. The lowest BCUT2D eigenvalue weighted by Gasteiger charge is -2.03. The molecule has 0 fully saturated rings. The molecule has 5 nitrogen and oxygen atoms in total. The zero-order valence-corrected chi connectivity index (χ0v) is 9.55. The van der Waals surface area contributed by atoms with E-state index in [0.29, 0.717) is 5.82 Å². The van der Waals surface area contributed by atoms with Crippen LogP contribution < -0.4 is 5.32 Å². The molecule has 0 aliphatic carbocycles. The van der Waals surface area contributed by atoms with Crippen LogP contribution in [-0.2, 0) is 0 Å². The van der Waals surface area contributed by atoms with Crippen molar-refractivity contribution in [2.45, 2.75) is 6.92 Å². The van der Waals surface area contributed by atoms with Gasteiger partial charge in [0.2, 0.25) is 5.82 Å². The Kier molecular flexibility index (Phi) is 3.06. The molecule has 2 N–H and O–H groups in total. The molecular formula is C10H8ClFN4O. The van der Waals surface area contributed by atoms with Crippen LogP contribution in [0.25, 0.3) is 0 Å². The first-order chi connectivity index (χ1) is 8.04. The number of nitrogens with one attached hydrogen (secondary N) is 2. The lowest BCUT2D eigenvalue weighted by atomic mass is 10.3. The van der Waals surface area contributed by atoms with Crippen molar-refractivity contribution in [3.8, 4) is 0 Å². The fourth-order valence-corrected chi connectivity index (χ4v) is 1.48. The smallest absolute Gasteiger partial charge is 0.295 e. The van der Waals surface area contributed by atoms with E-state index in [2.05, 4.69) is 20.5 Å². The van der Waals surface area contributed by atoms with Crippen LogP contribution >= 0.6 is 11.6 Å². The van der Waals surface area contributed by atoms with Gasteiger partial charge >= 0.3 is 0 Å². The molecule has 1 amide bonds. The average molecular weight is 255 g/mol. The van der Waals surface area contributed by atoms with E-state index in [1.54, 1.807) is 6.92 Å². The van der Waals surface area contributed by atoms with Gasteiger partial charge in [0, 0.05) is 10.7 Å². The number of rotatable bonds is 2. The first kappa shape index (κ1) is 11.5. The molecule has 7 heteroatoms. The molecule has 2 aromatic rings. The number of benzene rings is 1. The number of carbonyl (C=O) groups excluding carboxylic acids is 1. The van der Waals surface area contributed by atoms with E-state index in [1.807, 2.05) is 0 Å². The summed E-state index contributed by atoms with van der Waals surface area (Å²) in [5.74, 6) is -0.551. The molecule has 0 saturated carbocycles. The first-order valence-corrected chi connectivity index (χ1v) is 5.09. The van der Waals surface area contributed by atoms with E-state index >= 15 is 0 Å². The Morgan fingerprint density at radius 1 is 1.47 bits per heavy atom. The van der Waals surface area contributed by atoms with Crippen molar-refractivity contribution in [2.75, 3.05) is 5.32 Å². The summed E-state index contributed by atoms with van der Waals surface area (Å²) in [5.41, 5.74) is 0.252. The van der Waals surface area contributed by atoms with Gasteiger partial charge in [0.25, 0.3) is 5.91 Å². The molecule has 0 saturated heterocycles. The maximum absolute atomic E-state index is 13.0. The molecule has 0 atom stereocenters. The van der Waals surface area contributed by atoms with Crippen molar-refractivity contribution < 1.29 is 9.18 Å². The molecule has 0 spiro atoms. The standard InChI is InChI=1S/C10H8ClFN4O/c1-5-13-9(16-15-5)10(17)14-8-3-6(11)2-7(12)4-8/h2-4H,1H3,(H,14,17)(H,13,15,16). The Balaban J connectivity index is 2.18. The van der Waals surface area contributed by atoms with Crippen molar-refractivity contribution in [3.05, 3.63) is 40.7 Å². The molecule has 1 heterocycles. The molecule has 0 aliphatic rings. The van der Waals surface area contributed by atoms with Gasteiger partial charge in [-0.25, -0.2) is 9.37 Å². The van der Waals surface area contributed by atoms with Crippen molar-refractivity contribution in [2.24, 2.45) is 0 Å². The summed E-state index contributed by atoms with van der Waals surface area (Å²) in [6, 6.07) is 3.74. The molecule has 0 unspecified atom stereocenters. The van der Waals surface area contributed by atoms with Gasteiger partial charge in [-0.05, 0) is 25.1 Å². The number of hydrogen-bond acceptors (Lipinski definition) is 3. The summed E-state index contributed by atoms with van der Waals surface area (Å²) in [4.78, 5) is 15.5. The van der Waals surface area contributed by atoms with Gasteiger partial charge in [0.15, 0.2) is 0 Å². The Bertz CT molecular complexity index is 549. The third-order valence-electron chi connectivity index (χ3n) is 1.92. The summed E-state index contributed by atoms with van der Waals surface area (Å²) in [6.45, 7) is 1.67. The maximum atomic E-state index is 13.0. The molecule has 0 bridgehead atoms. The molecule has 1 aromatic carbocycles. The lowest BCUT2D eigenvalue weighted by molar-refractivity contribution is 0.101. The normalized spacial score (nSPS) is 10.3. The highest BCUT2D eigenvalue weighted by Crippen LogP contribution is 2.18. The van der Waals surface area contributed by atoms with Gasteiger partial charge in [-0.3, -0.25) is 9.89 Å². The van der Waals surface area contributed by atoms with Crippen molar-refractivity contribution in [3.63, 3.8) is 0 Å². The molecule has 88 valence electrons. The summed E-state index contributed by atoms with van der Waals surface area (Å²) < 4.78 is 13.0. The SMILES string of the molecule is Cc1nc(C(=O)Nc2cc(F)cc(Cl)c2)n[nH]1. The van der Waals surface area contributed by atoms with Gasteiger partial charge in [-0.15, -0.1) is 5.10 Å². The number of aromatic nitrogens is 3. The van der Waals surface area contributed by atoms with Gasteiger partial charge < -0.3 is 5.32 Å². The molecule has 17 heavy (non-hydrogen) atoms. The van der Waals surface area contributed by atoms with Crippen molar-refractivity contribution >= 4 is 23.2 Å². The second-order valence-electron chi connectivity index (χ2n) is 3.36. The maximum Gasteiger partial charge on any atom is 0.295 e. The van der Waals surface area contributed by atoms with Crippen molar-refractivity contribution in [1.29, 1.82) is 0 Å². The monoisotopic (exact) mass is 254 g/mol. The number of H-pyrrole nitrogens is 1. The molecule has 0 radical (unpaired) electrons. The van der Waals surface area contributed by atoms with E-state index in [1.165, 1.54) is 6.07 Å². The predicted octanol–water partition coefficient (Wildman–Crippen LogP) is 2.16. The topological polar surface area (TPSA) is 70.7 Å². The number of carbonyl (C=O) groups is 1. The van der Waals surface area contributed by atoms with Crippen LogP contribution in [0, 0.1) is 12.7 Å². The van der Waals surface area contributed by atoms with Gasteiger partial charge in [0.1, 0.15) is 11.6 Å². The van der Waals surface area contributed by atoms with E-state index in [9.17, 15) is 9.18 Å². The molecule has 0 aliphatic heterocycles. The van der Waals surface area contributed by atoms with Crippen LogP contribution in [0.2, 0.25) is 5.02 Å². The van der Waals surface area contributed by atoms with Crippen LogP contribution in [0.3, 0.4) is 0 Å². The predicted molar refractivity (Wildman–Crippen MR) is 60.5 cm³/mol. The second-order valence-corrected chi connectivity index (χ2v) is 3.79. The first-order valence-electron chi connectivity index (χ1n) is 4.71. The van der Waals surface area contributed by atoms with E-state index in [4.69, 9.17) is 11.6 Å². The van der Waals surface area contributed by atoms with Crippen LogP contribution in [0.1, 0.15) is 16.4 Å². The van der Waals surface area contributed by atoms with E-state index in [0.717, 1.165) is 12.1 Å². The van der Waals surface area contributed by atoms with Crippen LogP contribution in [-0.4, -0.2) is 21.1 Å². The Hall–Kier alpha value is -1.95. The Labute approximate surface area is 101 Å².